The van der Waals surface area contributed by atoms with Gasteiger partial charge in [0.1, 0.15) is 0 Å². The highest BCUT2D eigenvalue weighted by Crippen LogP contribution is 2.32. The molecule has 0 spiro atoms. The number of aryl methyl sites for hydroxylation is 2. The first-order valence-corrected chi connectivity index (χ1v) is 7.04. The molecule has 0 radical (unpaired) electrons. The number of amides is 1. The van der Waals surface area contributed by atoms with Gasteiger partial charge in [-0.05, 0) is 38.3 Å². The van der Waals surface area contributed by atoms with Gasteiger partial charge in [-0.25, -0.2) is 4.79 Å². The Morgan fingerprint density at radius 1 is 1.38 bits per heavy atom. The molecule has 1 heterocycles. The first kappa shape index (κ1) is 15.5. The molecule has 5 nitrogen and oxygen atoms in total. The molecule has 1 aliphatic heterocycles. The van der Waals surface area contributed by atoms with E-state index >= 15 is 0 Å². The molecular formula is C16H21NO4. The number of carboxylic acid groups (broad SMARTS) is 1. The summed E-state index contributed by atoms with van der Waals surface area (Å²) in [6.07, 6.45) is 1.10. The van der Waals surface area contributed by atoms with E-state index in [1.807, 2.05) is 26.0 Å². The smallest absolute Gasteiger partial charge is 0.332 e. The molecule has 1 atom stereocenters. The number of rotatable bonds is 4. The Kier molecular flexibility index (Phi) is 4.32. The van der Waals surface area contributed by atoms with Crippen LogP contribution >= 0.6 is 0 Å². The average Bonchev–Trinajstić information content (AvgIpc) is 2.83. The van der Waals surface area contributed by atoms with Gasteiger partial charge >= 0.3 is 5.97 Å². The molecule has 1 fully saturated rings. The van der Waals surface area contributed by atoms with Crippen LogP contribution < -0.4 is 0 Å². The number of hydrogen-bond acceptors (Lipinski definition) is 3. The van der Waals surface area contributed by atoms with E-state index in [-0.39, 0.29) is 12.5 Å². The van der Waals surface area contributed by atoms with Gasteiger partial charge in [-0.2, -0.15) is 0 Å². The Balaban J connectivity index is 2.39. The summed E-state index contributed by atoms with van der Waals surface area (Å²) < 4.78 is 5.08. The summed E-state index contributed by atoms with van der Waals surface area (Å²) in [5.74, 6) is -1.23. The topological polar surface area (TPSA) is 66.8 Å². The van der Waals surface area contributed by atoms with Crippen molar-refractivity contribution < 1.29 is 19.4 Å². The lowest BCUT2D eigenvalue weighted by Crippen LogP contribution is -2.56. The van der Waals surface area contributed by atoms with Gasteiger partial charge in [-0.1, -0.05) is 17.7 Å². The molecule has 0 bridgehead atoms. The third kappa shape index (κ3) is 2.65. The van der Waals surface area contributed by atoms with E-state index in [9.17, 15) is 14.7 Å². The van der Waals surface area contributed by atoms with E-state index in [2.05, 4.69) is 0 Å². The fourth-order valence-electron chi connectivity index (χ4n) is 3.05. The van der Waals surface area contributed by atoms with Crippen LogP contribution in [-0.4, -0.2) is 47.7 Å². The molecule has 1 aliphatic rings. The Labute approximate surface area is 124 Å². The molecule has 21 heavy (non-hydrogen) atoms. The predicted octanol–water partition coefficient (Wildman–Crippen LogP) is 2.01. The van der Waals surface area contributed by atoms with Crippen LogP contribution in [0.25, 0.3) is 0 Å². The summed E-state index contributed by atoms with van der Waals surface area (Å²) >= 11 is 0. The maximum absolute atomic E-state index is 12.8. The molecule has 1 unspecified atom stereocenters. The molecular weight excluding hydrogens is 270 g/mol. The van der Waals surface area contributed by atoms with Crippen LogP contribution in [0.15, 0.2) is 18.2 Å². The molecule has 114 valence electrons. The molecule has 0 aromatic heterocycles. The predicted molar refractivity (Wildman–Crippen MR) is 78.4 cm³/mol. The molecule has 1 aromatic rings. The number of carbonyl (C=O) groups is 2. The number of carboxylic acids is 1. The summed E-state index contributed by atoms with van der Waals surface area (Å²) in [5.41, 5.74) is 1.25. The van der Waals surface area contributed by atoms with Gasteiger partial charge in [0.05, 0.1) is 6.61 Å². The second-order valence-electron chi connectivity index (χ2n) is 5.65. The van der Waals surface area contributed by atoms with Crippen LogP contribution in [0.1, 0.15) is 34.3 Å². The van der Waals surface area contributed by atoms with Crippen molar-refractivity contribution in [1.82, 2.24) is 4.90 Å². The van der Waals surface area contributed by atoms with Crippen molar-refractivity contribution in [1.29, 1.82) is 0 Å². The van der Waals surface area contributed by atoms with Crippen LogP contribution in [0.5, 0.6) is 0 Å². The third-order valence-electron chi connectivity index (χ3n) is 4.13. The Hall–Kier alpha value is -1.88. The monoisotopic (exact) mass is 291 g/mol. The third-order valence-corrected chi connectivity index (χ3v) is 4.13. The Morgan fingerprint density at radius 3 is 2.67 bits per heavy atom. The number of benzene rings is 1. The van der Waals surface area contributed by atoms with Gasteiger partial charge in [0, 0.05) is 19.2 Å². The molecule has 5 heteroatoms. The number of methoxy groups -OCH3 is 1. The van der Waals surface area contributed by atoms with E-state index in [1.165, 1.54) is 12.0 Å². The largest absolute Gasteiger partial charge is 0.479 e. The second-order valence-corrected chi connectivity index (χ2v) is 5.65. The van der Waals surface area contributed by atoms with Crippen molar-refractivity contribution in [2.75, 3.05) is 20.3 Å². The number of hydrogen-bond donors (Lipinski definition) is 1. The van der Waals surface area contributed by atoms with Gasteiger partial charge in [0.25, 0.3) is 5.91 Å². The van der Waals surface area contributed by atoms with Gasteiger partial charge in [0.2, 0.25) is 0 Å². The average molecular weight is 291 g/mol. The highest BCUT2D eigenvalue weighted by atomic mass is 16.5. The fraction of sp³-hybridized carbons (Fsp3) is 0.500. The molecule has 1 N–H and O–H groups in total. The van der Waals surface area contributed by atoms with Gasteiger partial charge < -0.3 is 14.7 Å². The van der Waals surface area contributed by atoms with Crippen molar-refractivity contribution in [2.45, 2.75) is 32.2 Å². The number of nitrogens with zero attached hydrogens (tertiary/aromatic N) is 1. The quantitative estimate of drug-likeness (QED) is 0.921. The molecule has 1 aromatic carbocycles. The van der Waals surface area contributed by atoms with Crippen LogP contribution in [0.2, 0.25) is 0 Å². The molecule has 0 saturated carbocycles. The van der Waals surface area contributed by atoms with E-state index in [4.69, 9.17) is 4.74 Å². The first-order chi connectivity index (χ1) is 9.92. The second kappa shape index (κ2) is 5.85. The van der Waals surface area contributed by atoms with Crippen LogP contribution in [0.3, 0.4) is 0 Å². The van der Waals surface area contributed by atoms with E-state index in [1.54, 1.807) is 6.07 Å². The van der Waals surface area contributed by atoms with Crippen molar-refractivity contribution in [3.8, 4) is 0 Å². The molecule has 1 amide bonds. The van der Waals surface area contributed by atoms with E-state index < -0.39 is 11.5 Å². The van der Waals surface area contributed by atoms with Crippen molar-refractivity contribution >= 4 is 11.9 Å². The maximum Gasteiger partial charge on any atom is 0.332 e. The summed E-state index contributed by atoms with van der Waals surface area (Å²) in [6.45, 7) is 4.29. The van der Waals surface area contributed by atoms with Crippen molar-refractivity contribution in [3.05, 3.63) is 34.9 Å². The molecule has 0 aliphatic carbocycles. The number of ether oxygens (including phenoxy) is 1. The molecule has 2 rings (SSSR count). The Bertz CT molecular complexity index is 569. The first-order valence-electron chi connectivity index (χ1n) is 7.04. The highest BCUT2D eigenvalue weighted by molar-refractivity contribution is 5.99. The lowest BCUT2D eigenvalue weighted by atomic mass is 9.96. The van der Waals surface area contributed by atoms with Crippen LogP contribution in [0, 0.1) is 13.8 Å². The Morgan fingerprint density at radius 2 is 2.10 bits per heavy atom. The van der Waals surface area contributed by atoms with Gasteiger partial charge in [0.15, 0.2) is 5.54 Å². The van der Waals surface area contributed by atoms with E-state index in [0.717, 1.165) is 11.1 Å². The summed E-state index contributed by atoms with van der Waals surface area (Å²) in [6, 6.07) is 5.57. The standard InChI is InChI=1S/C16H21NO4/c1-11-5-6-13(12(2)9-11)14(18)17-8-4-7-16(17,10-21-3)15(19)20/h5-6,9H,4,7-8,10H2,1-3H3,(H,19,20). The zero-order valence-corrected chi connectivity index (χ0v) is 12.7. The minimum absolute atomic E-state index is 0.0129. The minimum Gasteiger partial charge on any atom is -0.479 e. The zero-order chi connectivity index (χ0) is 15.6. The van der Waals surface area contributed by atoms with E-state index in [0.29, 0.717) is 24.9 Å². The highest BCUT2D eigenvalue weighted by Gasteiger charge is 2.50. The van der Waals surface area contributed by atoms with Gasteiger partial charge in [-0.3, -0.25) is 4.79 Å². The van der Waals surface area contributed by atoms with Crippen LogP contribution in [-0.2, 0) is 9.53 Å². The lowest BCUT2D eigenvalue weighted by molar-refractivity contribution is -0.151. The fourth-order valence-corrected chi connectivity index (χ4v) is 3.05. The SMILES string of the molecule is COCC1(C(=O)O)CCCN1C(=O)c1ccc(C)cc1C. The number of carbonyl (C=O) groups excluding carboxylic acids is 1. The number of aliphatic carboxylic acids is 1. The lowest BCUT2D eigenvalue weighted by Gasteiger charge is -2.34. The summed E-state index contributed by atoms with van der Waals surface area (Å²) in [7, 11) is 1.46. The summed E-state index contributed by atoms with van der Waals surface area (Å²) in [4.78, 5) is 26.0. The van der Waals surface area contributed by atoms with Crippen molar-refractivity contribution in [2.24, 2.45) is 0 Å². The zero-order valence-electron chi connectivity index (χ0n) is 12.7. The number of likely N-dealkylation sites (tertiary alicyclic amines) is 1. The van der Waals surface area contributed by atoms with Crippen molar-refractivity contribution in [3.63, 3.8) is 0 Å². The minimum atomic E-state index is -1.25. The normalized spacial score (nSPS) is 21.6. The molecule has 1 saturated heterocycles. The van der Waals surface area contributed by atoms with Gasteiger partial charge in [-0.15, -0.1) is 0 Å². The van der Waals surface area contributed by atoms with Crippen LogP contribution in [0.4, 0.5) is 0 Å². The summed E-state index contributed by atoms with van der Waals surface area (Å²) in [5, 5.41) is 9.60. The maximum atomic E-state index is 12.8.